The second kappa shape index (κ2) is 8.15. The van der Waals surface area contributed by atoms with Gasteiger partial charge < -0.3 is 20.5 Å². The van der Waals surface area contributed by atoms with Crippen LogP contribution in [0.5, 0.6) is 0 Å². The minimum Gasteiger partial charge on any atom is -0.399 e. The molecule has 1 aromatic rings. The molecule has 122 valence electrons. The molecule has 0 fully saturated rings. The molecular formula is C17H26N2O3. The number of anilines is 1. The van der Waals surface area contributed by atoms with Crippen LogP contribution in [0.25, 0.3) is 0 Å². The van der Waals surface area contributed by atoms with Crippen LogP contribution in [0.3, 0.4) is 0 Å². The molecule has 1 amide bonds. The SMILES string of the molecule is CCOCCOC(C)C(=O)NC1CCCc2cc(N)ccc21. The minimum absolute atomic E-state index is 0.0507. The van der Waals surface area contributed by atoms with E-state index in [4.69, 9.17) is 15.2 Å². The lowest BCUT2D eigenvalue weighted by Gasteiger charge is -2.27. The van der Waals surface area contributed by atoms with Crippen molar-refractivity contribution in [3.63, 3.8) is 0 Å². The molecule has 2 atom stereocenters. The van der Waals surface area contributed by atoms with Crippen molar-refractivity contribution in [2.24, 2.45) is 0 Å². The highest BCUT2D eigenvalue weighted by molar-refractivity contribution is 5.80. The number of carbonyl (C=O) groups is 1. The Labute approximate surface area is 132 Å². The van der Waals surface area contributed by atoms with Crippen LogP contribution in [0.1, 0.15) is 43.9 Å². The second-order valence-electron chi connectivity index (χ2n) is 5.62. The molecule has 0 aliphatic heterocycles. The maximum absolute atomic E-state index is 12.3. The van der Waals surface area contributed by atoms with Gasteiger partial charge in [0, 0.05) is 12.3 Å². The molecule has 3 N–H and O–H groups in total. The Kier molecular flexibility index (Phi) is 6.21. The summed E-state index contributed by atoms with van der Waals surface area (Å²) in [5.41, 5.74) is 9.03. The van der Waals surface area contributed by atoms with Crippen LogP contribution in [-0.2, 0) is 20.7 Å². The largest absolute Gasteiger partial charge is 0.399 e. The van der Waals surface area contributed by atoms with Crippen LogP contribution < -0.4 is 11.1 Å². The Morgan fingerprint density at radius 3 is 3.05 bits per heavy atom. The lowest BCUT2D eigenvalue weighted by molar-refractivity contribution is -0.133. The van der Waals surface area contributed by atoms with Gasteiger partial charge in [-0.1, -0.05) is 6.07 Å². The number of ether oxygens (including phenoxy) is 2. The highest BCUT2D eigenvalue weighted by Gasteiger charge is 2.24. The Hall–Kier alpha value is -1.59. The van der Waals surface area contributed by atoms with Crippen molar-refractivity contribution in [3.05, 3.63) is 29.3 Å². The summed E-state index contributed by atoms with van der Waals surface area (Å²) in [6, 6.07) is 5.98. The number of benzene rings is 1. The van der Waals surface area contributed by atoms with Crippen molar-refractivity contribution in [2.45, 2.75) is 45.3 Å². The summed E-state index contributed by atoms with van der Waals surface area (Å²) >= 11 is 0. The Morgan fingerprint density at radius 2 is 2.27 bits per heavy atom. The molecule has 5 nitrogen and oxygen atoms in total. The summed E-state index contributed by atoms with van der Waals surface area (Å²) < 4.78 is 10.7. The number of fused-ring (bicyclic) bond motifs is 1. The number of amides is 1. The van der Waals surface area contributed by atoms with Crippen molar-refractivity contribution >= 4 is 11.6 Å². The summed E-state index contributed by atoms with van der Waals surface area (Å²) in [4.78, 5) is 12.3. The van der Waals surface area contributed by atoms with Gasteiger partial charge in [0.05, 0.1) is 19.3 Å². The van der Waals surface area contributed by atoms with Gasteiger partial charge in [-0.2, -0.15) is 0 Å². The summed E-state index contributed by atoms with van der Waals surface area (Å²) in [5, 5.41) is 3.09. The first-order valence-electron chi connectivity index (χ1n) is 7.99. The van der Waals surface area contributed by atoms with Crippen LogP contribution in [-0.4, -0.2) is 31.8 Å². The second-order valence-corrected chi connectivity index (χ2v) is 5.62. The third-order valence-electron chi connectivity index (χ3n) is 3.97. The Bertz CT molecular complexity index is 505. The van der Waals surface area contributed by atoms with Crippen LogP contribution >= 0.6 is 0 Å². The zero-order valence-corrected chi connectivity index (χ0v) is 13.4. The van der Waals surface area contributed by atoms with E-state index in [1.54, 1.807) is 6.92 Å². The zero-order chi connectivity index (χ0) is 15.9. The number of nitrogen functional groups attached to an aromatic ring is 1. The van der Waals surface area contributed by atoms with Gasteiger partial charge in [0.1, 0.15) is 6.10 Å². The van der Waals surface area contributed by atoms with E-state index in [-0.39, 0.29) is 11.9 Å². The highest BCUT2D eigenvalue weighted by atomic mass is 16.5. The summed E-state index contributed by atoms with van der Waals surface area (Å²) in [7, 11) is 0. The number of aryl methyl sites for hydroxylation is 1. The number of hydrogen-bond donors (Lipinski definition) is 2. The maximum atomic E-state index is 12.3. The molecule has 2 unspecified atom stereocenters. The average molecular weight is 306 g/mol. The van der Waals surface area contributed by atoms with E-state index in [1.165, 1.54) is 11.1 Å². The molecule has 5 heteroatoms. The molecule has 2 rings (SSSR count). The Balaban J connectivity index is 1.90. The van der Waals surface area contributed by atoms with Gasteiger partial charge in [-0.3, -0.25) is 4.79 Å². The lowest BCUT2D eigenvalue weighted by atomic mass is 9.87. The van der Waals surface area contributed by atoms with Crippen molar-refractivity contribution in [1.29, 1.82) is 0 Å². The van der Waals surface area contributed by atoms with Crippen LogP contribution in [0, 0.1) is 0 Å². The third-order valence-corrected chi connectivity index (χ3v) is 3.97. The number of carbonyl (C=O) groups excluding carboxylic acids is 1. The summed E-state index contributed by atoms with van der Waals surface area (Å²) in [5.74, 6) is -0.0776. The van der Waals surface area contributed by atoms with Crippen molar-refractivity contribution in [3.8, 4) is 0 Å². The lowest BCUT2D eigenvalue weighted by Crippen LogP contribution is -2.38. The predicted molar refractivity (Wildman–Crippen MR) is 86.6 cm³/mol. The van der Waals surface area contributed by atoms with Gasteiger partial charge in [0.25, 0.3) is 0 Å². The van der Waals surface area contributed by atoms with E-state index >= 15 is 0 Å². The van der Waals surface area contributed by atoms with Gasteiger partial charge >= 0.3 is 0 Å². The van der Waals surface area contributed by atoms with Gasteiger partial charge in [-0.15, -0.1) is 0 Å². The predicted octanol–water partition coefficient (Wildman–Crippen LogP) is 2.20. The molecule has 0 bridgehead atoms. The van der Waals surface area contributed by atoms with Crippen molar-refractivity contribution < 1.29 is 14.3 Å². The average Bonchev–Trinajstić information content (AvgIpc) is 2.51. The molecule has 22 heavy (non-hydrogen) atoms. The minimum atomic E-state index is -0.473. The van der Waals surface area contributed by atoms with Crippen molar-refractivity contribution in [1.82, 2.24) is 5.32 Å². The first-order valence-corrected chi connectivity index (χ1v) is 7.99. The number of nitrogens with two attached hydrogens (primary N) is 1. The van der Waals surface area contributed by atoms with E-state index in [2.05, 4.69) is 5.32 Å². The van der Waals surface area contributed by atoms with Crippen molar-refractivity contribution in [2.75, 3.05) is 25.6 Å². The van der Waals surface area contributed by atoms with Gasteiger partial charge in [-0.05, 0) is 56.4 Å². The maximum Gasteiger partial charge on any atom is 0.249 e. The third kappa shape index (κ3) is 4.45. The topological polar surface area (TPSA) is 73.6 Å². The first kappa shape index (κ1) is 16.8. The van der Waals surface area contributed by atoms with E-state index in [9.17, 15) is 4.79 Å². The number of nitrogens with one attached hydrogen (secondary N) is 1. The molecule has 0 aromatic heterocycles. The molecule has 1 aromatic carbocycles. The molecule has 0 spiro atoms. The molecule has 0 radical (unpaired) electrons. The fourth-order valence-corrected chi connectivity index (χ4v) is 2.78. The summed E-state index contributed by atoms with van der Waals surface area (Å²) in [6.45, 7) is 5.31. The number of hydrogen-bond acceptors (Lipinski definition) is 4. The zero-order valence-electron chi connectivity index (χ0n) is 13.4. The fraction of sp³-hybridized carbons (Fsp3) is 0.588. The molecule has 0 heterocycles. The van der Waals surface area contributed by atoms with Gasteiger partial charge in [0.15, 0.2) is 0 Å². The quantitative estimate of drug-likeness (QED) is 0.598. The first-order chi connectivity index (χ1) is 10.6. The molecule has 0 saturated carbocycles. The van der Waals surface area contributed by atoms with Crippen LogP contribution in [0.15, 0.2) is 18.2 Å². The van der Waals surface area contributed by atoms with Crippen LogP contribution in [0.2, 0.25) is 0 Å². The molecule has 0 saturated heterocycles. The van der Waals surface area contributed by atoms with E-state index < -0.39 is 6.10 Å². The fourth-order valence-electron chi connectivity index (χ4n) is 2.78. The number of rotatable bonds is 7. The van der Waals surface area contributed by atoms with Gasteiger partial charge in [-0.25, -0.2) is 0 Å². The smallest absolute Gasteiger partial charge is 0.249 e. The Morgan fingerprint density at radius 1 is 1.45 bits per heavy atom. The molecular weight excluding hydrogens is 280 g/mol. The van der Waals surface area contributed by atoms with E-state index in [0.717, 1.165) is 24.9 Å². The standard InChI is InChI=1S/C17H26N2O3/c1-3-21-9-10-22-12(2)17(20)19-16-6-4-5-13-11-14(18)7-8-15(13)16/h7-8,11-12,16H,3-6,9-10,18H2,1-2H3,(H,19,20). The highest BCUT2D eigenvalue weighted by Crippen LogP contribution is 2.31. The summed E-state index contributed by atoms with van der Waals surface area (Å²) in [6.07, 6.45) is 2.56. The van der Waals surface area contributed by atoms with E-state index in [1.807, 2.05) is 25.1 Å². The van der Waals surface area contributed by atoms with Gasteiger partial charge in [0.2, 0.25) is 5.91 Å². The van der Waals surface area contributed by atoms with E-state index in [0.29, 0.717) is 19.8 Å². The molecule has 1 aliphatic rings. The monoisotopic (exact) mass is 306 g/mol. The van der Waals surface area contributed by atoms with Crippen LogP contribution in [0.4, 0.5) is 5.69 Å². The normalized spacial score (nSPS) is 18.5. The molecule has 1 aliphatic carbocycles.